The molecule has 3 aromatic rings. The lowest BCUT2D eigenvalue weighted by molar-refractivity contribution is 1.21. The third kappa shape index (κ3) is 2.06. The summed E-state index contributed by atoms with van der Waals surface area (Å²) in [5.41, 5.74) is 14.3. The van der Waals surface area contributed by atoms with Gasteiger partial charge in [-0.25, -0.2) is 15.0 Å². The molecule has 6 nitrogen and oxygen atoms in total. The molecule has 3 rings (SSSR count). The van der Waals surface area contributed by atoms with E-state index in [0.29, 0.717) is 28.5 Å². The number of hydrogen-bond donors (Lipinski definition) is 3. The van der Waals surface area contributed by atoms with Gasteiger partial charge in [-0.1, -0.05) is 15.9 Å². The van der Waals surface area contributed by atoms with Crippen molar-refractivity contribution < 1.29 is 0 Å². The van der Waals surface area contributed by atoms with Crippen LogP contribution in [-0.4, -0.2) is 19.9 Å². The number of nitrogens with two attached hydrogens (primary N) is 2. The lowest BCUT2D eigenvalue weighted by Crippen LogP contribution is -1.93. The van der Waals surface area contributed by atoms with Gasteiger partial charge in [0, 0.05) is 14.5 Å². The molecular formula is C11H8Br2N6. The average Bonchev–Trinajstić information content (AvgIpc) is 2.79. The predicted molar refractivity (Wildman–Crippen MR) is 81.3 cm³/mol. The number of fused-ring (bicyclic) bond motifs is 1. The second-order valence-corrected chi connectivity index (χ2v) is 5.66. The molecule has 0 aliphatic rings. The van der Waals surface area contributed by atoms with E-state index in [4.69, 9.17) is 11.5 Å². The molecular weight excluding hydrogens is 376 g/mol. The number of H-pyrrole nitrogens is 1. The topological polar surface area (TPSA) is 106 Å². The molecule has 0 amide bonds. The summed E-state index contributed by atoms with van der Waals surface area (Å²) in [4.78, 5) is 15.5. The van der Waals surface area contributed by atoms with Gasteiger partial charge in [-0.05, 0) is 28.1 Å². The number of halogens is 2. The quantitative estimate of drug-likeness (QED) is 0.560. The maximum absolute atomic E-state index is 6.05. The van der Waals surface area contributed by atoms with Crippen molar-refractivity contribution in [3.8, 4) is 11.4 Å². The first-order valence-corrected chi connectivity index (χ1v) is 6.86. The zero-order valence-electron chi connectivity index (χ0n) is 9.48. The number of benzene rings is 1. The molecule has 0 aliphatic heterocycles. The number of imidazole rings is 1. The maximum atomic E-state index is 6.05. The van der Waals surface area contributed by atoms with Crippen LogP contribution in [0.5, 0.6) is 0 Å². The van der Waals surface area contributed by atoms with Crippen LogP contribution < -0.4 is 11.5 Å². The first-order valence-electron chi connectivity index (χ1n) is 5.27. The SMILES string of the molecule is Nc1c(Br)cc(Br)cc1-c1nc2ncnc(N)c2[nH]1. The van der Waals surface area contributed by atoms with E-state index >= 15 is 0 Å². The van der Waals surface area contributed by atoms with Crippen LogP contribution in [0.15, 0.2) is 27.4 Å². The van der Waals surface area contributed by atoms with Gasteiger partial charge in [0.05, 0.1) is 5.69 Å². The molecule has 8 heteroatoms. The minimum absolute atomic E-state index is 0.358. The van der Waals surface area contributed by atoms with E-state index in [9.17, 15) is 0 Å². The Morgan fingerprint density at radius 2 is 1.89 bits per heavy atom. The third-order valence-corrected chi connectivity index (χ3v) is 3.78. The second-order valence-electron chi connectivity index (χ2n) is 3.89. The highest BCUT2D eigenvalue weighted by Crippen LogP contribution is 2.34. The molecule has 2 aromatic heterocycles. The fourth-order valence-corrected chi connectivity index (χ4v) is 2.98. The summed E-state index contributed by atoms with van der Waals surface area (Å²) in [6.07, 6.45) is 1.38. The highest BCUT2D eigenvalue weighted by molar-refractivity contribution is 9.11. The lowest BCUT2D eigenvalue weighted by atomic mass is 10.2. The number of nitrogens with zero attached hydrogens (tertiary/aromatic N) is 3. The summed E-state index contributed by atoms with van der Waals surface area (Å²) in [6, 6.07) is 3.75. The first kappa shape index (κ1) is 12.4. The van der Waals surface area contributed by atoms with Gasteiger partial charge in [-0.3, -0.25) is 0 Å². The molecule has 0 bridgehead atoms. The Balaban J connectivity index is 2.28. The molecule has 0 aliphatic carbocycles. The zero-order chi connectivity index (χ0) is 13.6. The van der Waals surface area contributed by atoms with Crippen molar-refractivity contribution in [3.05, 3.63) is 27.4 Å². The molecule has 0 spiro atoms. The van der Waals surface area contributed by atoms with Crippen molar-refractivity contribution >= 4 is 54.5 Å². The normalized spacial score (nSPS) is 11.1. The fraction of sp³-hybridized carbons (Fsp3) is 0. The predicted octanol–water partition coefficient (Wildman–Crippen LogP) is 2.71. The summed E-state index contributed by atoms with van der Waals surface area (Å²) < 4.78 is 1.68. The molecule has 1 aromatic carbocycles. The van der Waals surface area contributed by atoms with Gasteiger partial charge in [0.2, 0.25) is 0 Å². The standard InChI is InChI=1S/C11H8Br2N6/c12-4-1-5(7(14)6(13)2-4)10-18-8-9(15)16-3-17-11(8)19-10/h1-3H,14H2,(H3,15,16,17,18,19). The molecule has 0 fully saturated rings. The summed E-state index contributed by atoms with van der Waals surface area (Å²) >= 11 is 6.83. The number of hydrogen-bond acceptors (Lipinski definition) is 5. The Labute approximate surface area is 124 Å². The van der Waals surface area contributed by atoms with E-state index in [0.717, 1.165) is 14.5 Å². The number of anilines is 2. The van der Waals surface area contributed by atoms with Crippen LogP contribution >= 0.6 is 31.9 Å². The first-order chi connectivity index (χ1) is 9.06. The van der Waals surface area contributed by atoms with Crippen LogP contribution in [-0.2, 0) is 0 Å². The molecule has 0 saturated carbocycles. The van der Waals surface area contributed by atoms with Crippen molar-refractivity contribution in [2.75, 3.05) is 11.5 Å². The van der Waals surface area contributed by atoms with Crippen LogP contribution in [0.2, 0.25) is 0 Å². The largest absolute Gasteiger partial charge is 0.397 e. The van der Waals surface area contributed by atoms with Crippen LogP contribution in [0.4, 0.5) is 11.5 Å². The highest BCUT2D eigenvalue weighted by atomic mass is 79.9. The molecule has 0 unspecified atom stereocenters. The zero-order valence-corrected chi connectivity index (χ0v) is 12.7. The molecule has 0 atom stereocenters. The van der Waals surface area contributed by atoms with E-state index in [2.05, 4.69) is 51.8 Å². The van der Waals surface area contributed by atoms with Crippen LogP contribution in [0.25, 0.3) is 22.6 Å². The van der Waals surface area contributed by atoms with E-state index in [-0.39, 0.29) is 0 Å². The molecule has 0 radical (unpaired) electrons. The number of aromatic amines is 1. The maximum Gasteiger partial charge on any atom is 0.183 e. The number of nitrogen functional groups attached to an aromatic ring is 2. The fourth-order valence-electron chi connectivity index (χ4n) is 1.75. The molecule has 5 N–H and O–H groups in total. The highest BCUT2D eigenvalue weighted by Gasteiger charge is 2.13. The summed E-state index contributed by atoms with van der Waals surface area (Å²) in [7, 11) is 0. The minimum atomic E-state index is 0.358. The molecule has 96 valence electrons. The van der Waals surface area contributed by atoms with Crippen LogP contribution in [0.3, 0.4) is 0 Å². The summed E-state index contributed by atoms with van der Waals surface area (Å²) in [5, 5.41) is 0. The minimum Gasteiger partial charge on any atom is -0.397 e. The second kappa shape index (κ2) is 4.46. The van der Waals surface area contributed by atoms with Crippen molar-refractivity contribution in [2.45, 2.75) is 0 Å². The average molecular weight is 384 g/mol. The van der Waals surface area contributed by atoms with Crippen molar-refractivity contribution in [2.24, 2.45) is 0 Å². The molecule has 2 heterocycles. The Morgan fingerprint density at radius 3 is 2.63 bits per heavy atom. The van der Waals surface area contributed by atoms with Gasteiger partial charge in [-0.15, -0.1) is 0 Å². The van der Waals surface area contributed by atoms with Gasteiger partial charge in [0.1, 0.15) is 17.7 Å². The Bertz CT molecular complexity index is 782. The number of rotatable bonds is 1. The molecule has 19 heavy (non-hydrogen) atoms. The van der Waals surface area contributed by atoms with Gasteiger partial charge >= 0.3 is 0 Å². The Morgan fingerprint density at radius 1 is 1.11 bits per heavy atom. The van der Waals surface area contributed by atoms with E-state index in [1.165, 1.54) is 6.33 Å². The van der Waals surface area contributed by atoms with Crippen LogP contribution in [0.1, 0.15) is 0 Å². The smallest absolute Gasteiger partial charge is 0.183 e. The Kier molecular flexibility index (Phi) is 2.90. The van der Waals surface area contributed by atoms with E-state index in [1.54, 1.807) is 0 Å². The monoisotopic (exact) mass is 382 g/mol. The molecule has 0 saturated heterocycles. The van der Waals surface area contributed by atoms with Gasteiger partial charge < -0.3 is 16.5 Å². The van der Waals surface area contributed by atoms with Gasteiger partial charge in [-0.2, -0.15) is 0 Å². The number of aromatic nitrogens is 4. The summed E-state index contributed by atoms with van der Waals surface area (Å²) in [6.45, 7) is 0. The summed E-state index contributed by atoms with van der Waals surface area (Å²) in [5.74, 6) is 0.957. The van der Waals surface area contributed by atoms with Crippen LogP contribution in [0, 0.1) is 0 Å². The lowest BCUT2D eigenvalue weighted by Gasteiger charge is -2.05. The number of nitrogens with one attached hydrogen (secondary N) is 1. The third-order valence-electron chi connectivity index (χ3n) is 2.67. The Hall–Kier alpha value is -1.67. The van der Waals surface area contributed by atoms with Gasteiger partial charge in [0.25, 0.3) is 0 Å². The van der Waals surface area contributed by atoms with Crippen molar-refractivity contribution in [1.29, 1.82) is 0 Å². The van der Waals surface area contributed by atoms with E-state index in [1.807, 2.05) is 12.1 Å². The van der Waals surface area contributed by atoms with Crippen molar-refractivity contribution in [1.82, 2.24) is 19.9 Å². The van der Waals surface area contributed by atoms with Crippen molar-refractivity contribution in [3.63, 3.8) is 0 Å². The van der Waals surface area contributed by atoms with E-state index < -0.39 is 0 Å². The van der Waals surface area contributed by atoms with Gasteiger partial charge in [0.15, 0.2) is 11.5 Å².